The van der Waals surface area contributed by atoms with Gasteiger partial charge in [-0.25, -0.2) is 4.98 Å². The van der Waals surface area contributed by atoms with Gasteiger partial charge < -0.3 is 9.84 Å². The molecule has 0 saturated carbocycles. The van der Waals surface area contributed by atoms with Crippen molar-refractivity contribution in [3.63, 3.8) is 0 Å². The number of ether oxygens (including phenoxy) is 1. The third-order valence-electron chi connectivity index (χ3n) is 3.94. The Bertz CT molecular complexity index is 1230. The molecule has 0 spiro atoms. The van der Waals surface area contributed by atoms with Crippen molar-refractivity contribution < 1.29 is 14.6 Å². The summed E-state index contributed by atoms with van der Waals surface area (Å²) in [4.78, 5) is 30.3. The second-order valence-corrected chi connectivity index (χ2v) is 7.58. The Kier molecular flexibility index (Phi) is 5.10. The lowest BCUT2D eigenvalue weighted by Crippen LogP contribution is -2.25. The number of rotatable bonds is 5. The summed E-state index contributed by atoms with van der Waals surface area (Å²) in [5.74, 6) is -0.799. The van der Waals surface area contributed by atoms with Crippen LogP contribution in [0.5, 0.6) is 11.5 Å². The van der Waals surface area contributed by atoms with E-state index in [0.29, 0.717) is 16.6 Å². The van der Waals surface area contributed by atoms with Gasteiger partial charge in [-0.05, 0) is 23.6 Å². The van der Waals surface area contributed by atoms with E-state index in [2.05, 4.69) is 15.4 Å². The summed E-state index contributed by atoms with van der Waals surface area (Å²) in [6.45, 7) is 0. The lowest BCUT2D eigenvalue weighted by Gasteiger charge is -2.11. The van der Waals surface area contributed by atoms with Gasteiger partial charge in [0.25, 0.3) is 11.5 Å². The zero-order valence-electron chi connectivity index (χ0n) is 15.0. The molecule has 0 atom stereocenters. The van der Waals surface area contributed by atoms with Gasteiger partial charge in [-0.1, -0.05) is 18.2 Å². The van der Waals surface area contributed by atoms with Crippen LogP contribution in [-0.2, 0) is 0 Å². The van der Waals surface area contributed by atoms with Crippen molar-refractivity contribution in [1.82, 2.24) is 14.8 Å². The summed E-state index contributed by atoms with van der Waals surface area (Å²) in [7, 11) is 1.46. The largest absolute Gasteiger partial charge is 0.505 e. The number of benzene rings is 1. The number of carbonyl (C=O) groups is 1. The molecule has 0 aliphatic carbocycles. The molecule has 0 bridgehead atoms. The van der Waals surface area contributed by atoms with E-state index in [0.717, 1.165) is 21.3 Å². The number of thiazole rings is 1. The quantitative estimate of drug-likeness (QED) is 0.507. The predicted molar refractivity (Wildman–Crippen MR) is 111 cm³/mol. The summed E-state index contributed by atoms with van der Waals surface area (Å²) < 4.78 is 6.26. The van der Waals surface area contributed by atoms with Crippen LogP contribution < -0.4 is 15.6 Å². The molecule has 0 unspecified atom stereocenters. The molecule has 0 aliphatic rings. The van der Waals surface area contributed by atoms with Crippen molar-refractivity contribution in [3.05, 3.63) is 69.3 Å². The Morgan fingerprint density at radius 3 is 2.79 bits per heavy atom. The average Bonchev–Trinajstić information content (AvgIpc) is 3.40. The number of amides is 1. The SMILES string of the molecule is COc1ccccc1-n1nc(C(=O)Nc2nc(-c3cccs3)cs2)c(O)cc1=O. The van der Waals surface area contributed by atoms with Gasteiger partial charge >= 0.3 is 0 Å². The molecule has 3 aromatic heterocycles. The van der Waals surface area contributed by atoms with Crippen molar-refractivity contribution in [2.24, 2.45) is 0 Å². The van der Waals surface area contributed by atoms with Gasteiger partial charge in [-0.15, -0.1) is 22.7 Å². The van der Waals surface area contributed by atoms with Crippen LogP contribution in [-0.4, -0.2) is 32.9 Å². The molecule has 4 aromatic rings. The Labute approximate surface area is 172 Å². The molecule has 8 nitrogen and oxygen atoms in total. The summed E-state index contributed by atoms with van der Waals surface area (Å²) in [6.07, 6.45) is 0. The van der Waals surface area contributed by atoms with E-state index in [-0.39, 0.29) is 5.69 Å². The fourth-order valence-electron chi connectivity index (χ4n) is 2.61. The van der Waals surface area contributed by atoms with Crippen LogP contribution in [0.2, 0.25) is 0 Å². The lowest BCUT2D eigenvalue weighted by atomic mass is 10.3. The van der Waals surface area contributed by atoms with Crippen molar-refractivity contribution in [2.45, 2.75) is 0 Å². The first-order valence-corrected chi connectivity index (χ1v) is 10.1. The number of hydrogen-bond acceptors (Lipinski definition) is 8. The van der Waals surface area contributed by atoms with Crippen LogP contribution in [0.1, 0.15) is 10.5 Å². The Balaban J connectivity index is 1.66. The maximum absolute atomic E-state index is 12.7. The minimum absolute atomic E-state index is 0.302. The van der Waals surface area contributed by atoms with Crippen molar-refractivity contribution in [3.8, 4) is 27.8 Å². The van der Waals surface area contributed by atoms with Gasteiger partial charge in [0.15, 0.2) is 16.6 Å². The number of thiophene rings is 1. The summed E-state index contributed by atoms with van der Waals surface area (Å²) in [5, 5.41) is 20.9. The van der Waals surface area contributed by atoms with E-state index in [1.54, 1.807) is 35.6 Å². The first-order chi connectivity index (χ1) is 14.1. The molecule has 0 fully saturated rings. The van der Waals surface area contributed by atoms with Crippen LogP contribution in [0.15, 0.2) is 58.0 Å². The Morgan fingerprint density at radius 1 is 1.21 bits per heavy atom. The second kappa shape index (κ2) is 7.86. The molecule has 10 heteroatoms. The smallest absolute Gasteiger partial charge is 0.281 e. The number of carbonyl (C=O) groups excluding carboxylic acids is 1. The first kappa shape index (κ1) is 18.8. The average molecular weight is 426 g/mol. The number of para-hydroxylation sites is 2. The standard InChI is InChI=1S/C19H14N4O4S2/c1-27-14-6-3-2-5-12(14)23-16(25)9-13(24)17(22-23)18(26)21-19-20-11(10-29-19)15-7-4-8-28-15/h2-10,24H,1H3,(H,20,21,26). The molecule has 29 heavy (non-hydrogen) atoms. The first-order valence-electron chi connectivity index (χ1n) is 8.34. The van der Waals surface area contributed by atoms with Crippen LogP contribution in [0.3, 0.4) is 0 Å². The van der Waals surface area contributed by atoms with Gasteiger partial charge in [0.05, 0.1) is 17.7 Å². The minimum atomic E-state index is -0.682. The van der Waals surface area contributed by atoms with Gasteiger partial charge in [0.1, 0.15) is 11.4 Å². The summed E-state index contributed by atoms with van der Waals surface area (Å²) in [5.41, 5.74) is 0.195. The fourth-order valence-corrected chi connectivity index (χ4v) is 4.08. The molecule has 2 N–H and O–H groups in total. The highest BCUT2D eigenvalue weighted by atomic mass is 32.1. The third-order valence-corrected chi connectivity index (χ3v) is 5.59. The highest BCUT2D eigenvalue weighted by Gasteiger charge is 2.19. The molecule has 1 aromatic carbocycles. The number of hydrogen-bond donors (Lipinski definition) is 2. The molecular weight excluding hydrogens is 412 g/mol. The van der Waals surface area contributed by atoms with E-state index >= 15 is 0 Å². The van der Waals surface area contributed by atoms with E-state index in [4.69, 9.17) is 4.74 Å². The molecule has 146 valence electrons. The molecule has 3 heterocycles. The topological polar surface area (TPSA) is 106 Å². The maximum Gasteiger partial charge on any atom is 0.281 e. The number of aromatic nitrogens is 3. The van der Waals surface area contributed by atoms with Crippen molar-refractivity contribution in [2.75, 3.05) is 12.4 Å². The molecule has 0 radical (unpaired) electrons. The second-order valence-electron chi connectivity index (χ2n) is 5.77. The van der Waals surface area contributed by atoms with Crippen LogP contribution in [0.4, 0.5) is 5.13 Å². The number of anilines is 1. The molecule has 4 rings (SSSR count). The van der Waals surface area contributed by atoms with Crippen LogP contribution in [0.25, 0.3) is 16.3 Å². The van der Waals surface area contributed by atoms with Gasteiger partial charge in [0, 0.05) is 11.4 Å². The fraction of sp³-hybridized carbons (Fsp3) is 0.0526. The van der Waals surface area contributed by atoms with Crippen LogP contribution >= 0.6 is 22.7 Å². The van der Waals surface area contributed by atoms with E-state index in [9.17, 15) is 14.7 Å². The Hall–Kier alpha value is -3.50. The summed E-state index contributed by atoms with van der Waals surface area (Å²) in [6, 6.07) is 11.5. The zero-order valence-corrected chi connectivity index (χ0v) is 16.7. The number of methoxy groups -OCH3 is 1. The van der Waals surface area contributed by atoms with E-state index in [1.807, 2.05) is 22.9 Å². The van der Waals surface area contributed by atoms with Crippen molar-refractivity contribution in [1.29, 1.82) is 0 Å². The van der Waals surface area contributed by atoms with Gasteiger partial charge in [-0.3, -0.25) is 14.9 Å². The summed E-state index contributed by atoms with van der Waals surface area (Å²) >= 11 is 2.79. The Morgan fingerprint density at radius 2 is 2.03 bits per heavy atom. The normalized spacial score (nSPS) is 10.7. The monoisotopic (exact) mass is 426 g/mol. The molecular formula is C19H14N4O4S2. The minimum Gasteiger partial charge on any atom is -0.505 e. The zero-order chi connectivity index (χ0) is 20.4. The van der Waals surface area contributed by atoms with Crippen LogP contribution in [0, 0.1) is 0 Å². The number of nitrogens with one attached hydrogen (secondary N) is 1. The number of nitrogens with zero attached hydrogens (tertiary/aromatic N) is 3. The van der Waals surface area contributed by atoms with Gasteiger partial charge in [-0.2, -0.15) is 9.78 Å². The van der Waals surface area contributed by atoms with Crippen molar-refractivity contribution >= 4 is 33.7 Å². The highest BCUT2D eigenvalue weighted by Crippen LogP contribution is 2.29. The third kappa shape index (κ3) is 3.75. The van der Waals surface area contributed by atoms with E-state index < -0.39 is 17.2 Å². The predicted octanol–water partition coefficient (Wildman–Crippen LogP) is 3.38. The maximum atomic E-state index is 12.7. The highest BCUT2D eigenvalue weighted by molar-refractivity contribution is 7.16. The lowest BCUT2D eigenvalue weighted by molar-refractivity contribution is 0.101. The molecule has 0 aliphatic heterocycles. The van der Waals surface area contributed by atoms with Gasteiger partial charge in [0.2, 0.25) is 0 Å². The molecule has 1 amide bonds. The van der Waals surface area contributed by atoms with E-state index in [1.165, 1.54) is 18.4 Å². The number of aromatic hydroxyl groups is 1. The molecule has 0 saturated heterocycles.